The van der Waals surface area contributed by atoms with Gasteiger partial charge in [-0.25, -0.2) is 9.37 Å². The monoisotopic (exact) mass is 320 g/mol. The molecule has 0 fully saturated rings. The molecule has 0 spiro atoms. The van der Waals surface area contributed by atoms with Gasteiger partial charge in [-0.15, -0.1) is 0 Å². The average molecular weight is 320 g/mol. The van der Waals surface area contributed by atoms with Crippen LogP contribution in [0.3, 0.4) is 0 Å². The Bertz CT molecular complexity index is 913. The molecule has 24 heavy (non-hydrogen) atoms. The zero-order valence-corrected chi connectivity index (χ0v) is 14.1. The third-order valence-corrected chi connectivity index (χ3v) is 5.02. The lowest BCUT2D eigenvalue weighted by atomic mass is 10.0. The first-order valence-electron chi connectivity index (χ1n) is 8.68. The smallest absolute Gasteiger partial charge is 0.123 e. The molecule has 3 aromatic rings. The van der Waals surface area contributed by atoms with Crippen molar-refractivity contribution in [3.8, 4) is 11.3 Å². The number of hydrogen-bond acceptors (Lipinski definition) is 2. The molecule has 0 radical (unpaired) electrons. The summed E-state index contributed by atoms with van der Waals surface area (Å²) in [5.74, 6) is -0.180. The Labute approximate surface area is 141 Å². The van der Waals surface area contributed by atoms with Crippen molar-refractivity contribution in [2.75, 3.05) is 5.32 Å². The summed E-state index contributed by atoms with van der Waals surface area (Å²) >= 11 is 0. The summed E-state index contributed by atoms with van der Waals surface area (Å²) in [6.45, 7) is 4.41. The molecule has 0 saturated heterocycles. The first-order chi connectivity index (χ1) is 11.7. The van der Waals surface area contributed by atoms with E-state index in [1.807, 2.05) is 12.1 Å². The van der Waals surface area contributed by atoms with Crippen molar-refractivity contribution in [3.05, 3.63) is 59.4 Å². The van der Waals surface area contributed by atoms with E-state index in [0.717, 1.165) is 47.0 Å². The molecule has 1 aliphatic rings. The lowest BCUT2D eigenvalue weighted by Gasteiger charge is -2.20. The summed E-state index contributed by atoms with van der Waals surface area (Å²) in [4.78, 5) is 4.88. The third kappa shape index (κ3) is 2.35. The predicted octanol–water partition coefficient (Wildman–Crippen LogP) is 5.55. The number of aromatic nitrogens is 1. The van der Waals surface area contributed by atoms with Gasteiger partial charge in [0.25, 0.3) is 0 Å². The standard InChI is InChI=1S/C21H21FN2/c1-3-15(4-2)23-21-17-7-5-6-8-19(17)24-20-16-10-9-14(22)11-13(16)12-18(20)21/h5-11,15H,3-4,12H2,1-2H3,(H,23,24). The molecule has 0 bridgehead atoms. The van der Waals surface area contributed by atoms with Crippen LogP contribution in [0, 0.1) is 5.82 Å². The first-order valence-corrected chi connectivity index (χ1v) is 8.68. The van der Waals surface area contributed by atoms with Gasteiger partial charge in [-0.3, -0.25) is 0 Å². The largest absolute Gasteiger partial charge is 0.381 e. The van der Waals surface area contributed by atoms with Gasteiger partial charge in [-0.2, -0.15) is 0 Å². The van der Waals surface area contributed by atoms with Crippen molar-refractivity contribution >= 4 is 16.6 Å². The molecule has 1 heterocycles. The Morgan fingerprint density at radius 2 is 1.92 bits per heavy atom. The van der Waals surface area contributed by atoms with Crippen LogP contribution in [0.5, 0.6) is 0 Å². The van der Waals surface area contributed by atoms with Crippen molar-refractivity contribution in [1.82, 2.24) is 4.98 Å². The summed E-state index contributed by atoms with van der Waals surface area (Å²) in [5, 5.41) is 4.89. The van der Waals surface area contributed by atoms with E-state index in [-0.39, 0.29) is 5.82 Å². The van der Waals surface area contributed by atoms with E-state index in [0.29, 0.717) is 6.04 Å². The zero-order valence-electron chi connectivity index (χ0n) is 14.1. The number of fused-ring (bicyclic) bond motifs is 4. The first kappa shape index (κ1) is 15.1. The summed E-state index contributed by atoms with van der Waals surface area (Å²) < 4.78 is 13.6. The minimum absolute atomic E-state index is 0.180. The molecule has 1 aromatic heterocycles. The molecule has 0 saturated carbocycles. The minimum atomic E-state index is -0.180. The molecule has 3 heteroatoms. The summed E-state index contributed by atoms with van der Waals surface area (Å²) in [7, 11) is 0. The number of nitrogens with zero attached hydrogens (tertiary/aromatic N) is 1. The summed E-state index contributed by atoms with van der Waals surface area (Å²) in [6.07, 6.45) is 2.88. The van der Waals surface area contributed by atoms with E-state index < -0.39 is 0 Å². The number of hydrogen-bond donors (Lipinski definition) is 1. The van der Waals surface area contributed by atoms with E-state index >= 15 is 0 Å². The van der Waals surface area contributed by atoms with Gasteiger partial charge >= 0.3 is 0 Å². The molecule has 4 rings (SSSR count). The molecular formula is C21H21FN2. The van der Waals surface area contributed by atoms with E-state index in [1.165, 1.54) is 17.3 Å². The van der Waals surface area contributed by atoms with Gasteiger partial charge in [0.2, 0.25) is 0 Å². The SMILES string of the molecule is CCC(CC)Nc1c2c(nc3ccccc13)-c1ccc(F)cc1C2. The Morgan fingerprint density at radius 1 is 1.12 bits per heavy atom. The normalized spacial score (nSPS) is 12.5. The number of anilines is 1. The molecule has 2 nitrogen and oxygen atoms in total. The number of nitrogens with one attached hydrogen (secondary N) is 1. The maximum atomic E-state index is 13.6. The molecule has 1 aliphatic carbocycles. The van der Waals surface area contributed by atoms with Gasteiger partial charge in [0.1, 0.15) is 5.82 Å². The lowest BCUT2D eigenvalue weighted by Crippen LogP contribution is -2.18. The van der Waals surface area contributed by atoms with Gasteiger partial charge < -0.3 is 5.32 Å². The number of halogens is 1. The molecule has 0 aliphatic heterocycles. The lowest BCUT2D eigenvalue weighted by molar-refractivity contribution is 0.626. The maximum Gasteiger partial charge on any atom is 0.123 e. The highest BCUT2D eigenvalue weighted by Crippen LogP contribution is 2.42. The molecule has 0 unspecified atom stereocenters. The second kappa shape index (κ2) is 5.90. The van der Waals surface area contributed by atoms with Crippen molar-refractivity contribution in [2.24, 2.45) is 0 Å². The second-order valence-electron chi connectivity index (χ2n) is 6.47. The van der Waals surface area contributed by atoms with E-state index in [2.05, 4.69) is 37.4 Å². The molecular weight excluding hydrogens is 299 g/mol. The van der Waals surface area contributed by atoms with Gasteiger partial charge in [-0.05, 0) is 42.7 Å². The highest BCUT2D eigenvalue weighted by molar-refractivity contribution is 5.98. The fourth-order valence-electron chi connectivity index (χ4n) is 3.64. The van der Waals surface area contributed by atoms with Gasteiger partial charge in [0, 0.05) is 34.7 Å². The Balaban J connectivity index is 1.95. The quantitative estimate of drug-likeness (QED) is 0.533. The van der Waals surface area contributed by atoms with Crippen molar-refractivity contribution in [2.45, 2.75) is 39.2 Å². The van der Waals surface area contributed by atoms with Crippen LogP contribution in [0.15, 0.2) is 42.5 Å². The second-order valence-corrected chi connectivity index (χ2v) is 6.47. The molecule has 122 valence electrons. The fraction of sp³-hybridized carbons (Fsp3) is 0.286. The van der Waals surface area contributed by atoms with Crippen molar-refractivity contribution in [3.63, 3.8) is 0 Å². The number of para-hydroxylation sites is 1. The number of pyridine rings is 1. The highest BCUT2D eigenvalue weighted by atomic mass is 19.1. The van der Waals surface area contributed by atoms with Crippen LogP contribution in [0.2, 0.25) is 0 Å². The van der Waals surface area contributed by atoms with Gasteiger partial charge in [-0.1, -0.05) is 32.0 Å². The van der Waals surface area contributed by atoms with Crippen LogP contribution in [0.4, 0.5) is 10.1 Å². The van der Waals surface area contributed by atoms with Crippen molar-refractivity contribution < 1.29 is 4.39 Å². The van der Waals surface area contributed by atoms with E-state index in [4.69, 9.17) is 4.98 Å². The summed E-state index contributed by atoms with van der Waals surface area (Å²) in [5.41, 5.74) is 6.44. The van der Waals surface area contributed by atoms with Gasteiger partial charge in [0.15, 0.2) is 0 Å². The van der Waals surface area contributed by atoms with E-state index in [9.17, 15) is 4.39 Å². The van der Waals surface area contributed by atoms with Crippen LogP contribution in [-0.2, 0) is 6.42 Å². The zero-order chi connectivity index (χ0) is 16.7. The van der Waals surface area contributed by atoms with E-state index in [1.54, 1.807) is 6.07 Å². The molecule has 0 atom stereocenters. The highest BCUT2D eigenvalue weighted by Gasteiger charge is 2.25. The Kier molecular flexibility index (Phi) is 3.72. The van der Waals surface area contributed by atoms with Crippen LogP contribution >= 0.6 is 0 Å². The predicted molar refractivity (Wildman–Crippen MR) is 97.9 cm³/mol. The fourth-order valence-corrected chi connectivity index (χ4v) is 3.64. The molecule has 0 amide bonds. The maximum absolute atomic E-state index is 13.6. The molecule has 1 N–H and O–H groups in total. The van der Waals surface area contributed by atoms with Crippen LogP contribution < -0.4 is 5.32 Å². The van der Waals surface area contributed by atoms with Crippen LogP contribution in [-0.4, -0.2) is 11.0 Å². The van der Waals surface area contributed by atoms with Crippen molar-refractivity contribution in [1.29, 1.82) is 0 Å². The Hall–Kier alpha value is -2.42. The number of benzene rings is 2. The molecule has 2 aromatic carbocycles. The van der Waals surface area contributed by atoms with Crippen LogP contribution in [0.1, 0.15) is 37.8 Å². The Morgan fingerprint density at radius 3 is 2.71 bits per heavy atom. The topological polar surface area (TPSA) is 24.9 Å². The van der Waals surface area contributed by atoms with Gasteiger partial charge in [0.05, 0.1) is 11.2 Å². The van der Waals surface area contributed by atoms with Crippen LogP contribution in [0.25, 0.3) is 22.2 Å². The summed E-state index contributed by atoms with van der Waals surface area (Å²) in [6, 6.07) is 13.7. The number of rotatable bonds is 4. The minimum Gasteiger partial charge on any atom is -0.381 e. The third-order valence-electron chi connectivity index (χ3n) is 5.02. The average Bonchev–Trinajstić information content (AvgIpc) is 2.96.